The molecule has 0 radical (unpaired) electrons. The van der Waals surface area contributed by atoms with Crippen LogP contribution in [0.2, 0.25) is 5.02 Å². The Morgan fingerprint density at radius 1 is 1.21 bits per heavy atom. The highest BCUT2D eigenvalue weighted by Gasteiger charge is 2.16. The number of halogens is 1. The van der Waals surface area contributed by atoms with Gasteiger partial charge in [-0.25, -0.2) is 4.79 Å². The van der Waals surface area contributed by atoms with Gasteiger partial charge >= 0.3 is 5.97 Å². The number of benzene rings is 2. The summed E-state index contributed by atoms with van der Waals surface area (Å²) in [7, 11) is 0. The first-order chi connectivity index (χ1) is 13.9. The topological polar surface area (TPSA) is 108 Å². The molecule has 29 heavy (non-hydrogen) atoms. The number of amides is 1. The van der Waals surface area contributed by atoms with Crippen molar-refractivity contribution in [3.63, 3.8) is 0 Å². The molecule has 0 saturated heterocycles. The average Bonchev–Trinajstić information content (AvgIpc) is 2.69. The van der Waals surface area contributed by atoms with Crippen LogP contribution in [-0.2, 0) is 14.3 Å². The molecular formula is C20H17ClN2O6. The van der Waals surface area contributed by atoms with Crippen molar-refractivity contribution in [2.24, 2.45) is 0 Å². The van der Waals surface area contributed by atoms with Crippen LogP contribution in [0.4, 0.5) is 11.4 Å². The van der Waals surface area contributed by atoms with Crippen molar-refractivity contribution in [1.82, 2.24) is 0 Å². The van der Waals surface area contributed by atoms with Crippen molar-refractivity contribution in [2.45, 2.75) is 0 Å². The standard InChI is InChI=1S/C20H17ClN2O6/c1-2-11-28-16-7-3-14(4-8-16)5-10-20(25)29-13-19(24)22-17-12-15(21)6-9-18(17)23(26)27/h2-10,12H,1,11,13H2,(H,22,24)/b10-5+. The lowest BCUT2D eigenvalue weighted by atomic mass is 10.2. The molecule has 1 amide bonds. The fraction of sp³-hybridized carbons (Fsp3) is 0.100. The molecule has 0 aliphatic heterocycles. The highest BCUT2D eigenvalue weighted by atomic mass is 35.5. The molecule has 0 aromatic heterocycles. The van der Waals surface area contributed by atoms with Gasteiger partial charge in [0.1, 0.15) is 18.0 Å². The monoisotopic (exact) mass is 416 g/mol. The van der Waals surface area contributed by atoms with E-state index in [-0.39, 0.29) is 16.4 Å². The van der Waals surface area contributed by atoms with E-state index in [1.54, 1.807) is 30.3 Å². The zero-order chi connectivity index (χ0) is 21.2. The number of ether oxygens (including phenoxy) is 2. The van der Waals surface area contributed by atoms with E-state index in [2.05, 4.69) is 11.9 Å². The smallest absolute Gasteiger partial charge is 0.331 e. The van der Waals surface area contributed by atoms with Crippen molar-refractivity contribution in [3.05, 3.63) is 81.9 Å². The van der Waals surface area contributed by atoms with Crippen molar-refractivity contribution < 1.29 is 24.0 Å². The fourth-order valence-electron chi connectivity index (χ4n) is 2.13. The molecule has 0 spiro atoms. The quantitative estimate of drug-likeness (QED) is 0.217. The van der Waals surface area contributed by atoms with E-state index in [1.807, 2.05) is 0 Å². The molecule has 0 heterocycles. The highest BCUT2D eigenvalue weighted by Crippen LogP contribution is 2.27. The lowest BCUT2D eigenvalue weighted by molar-refractivity contribution is -0.383. The third kappa shape index (κ3) is 7.11. The van der Waals surface area contributed by atoms with Crippen LogP contribution in [0.15, 0.2) is 61.2 Å². The number of carbonyl (C=O) groups is 2. The van der Waals surface area contributed by atoms with Crippen LogP contribution in [0.25, 0.3) is 6.08 Å². The molecule has 0 aliphatic carbocycles. The van der Waals surface area contributed by atoms with Crippen molar-refractivity contribution in [3.8, 4) is 5.75 Å². The molecule has 1 N–H and O–H groups in total. The Balaban J connectivity index is 1.86. The van der Waals surface area contributed by atoms with Gasteiger partial charge in [-0.1, -0.05) is 36.4 Å². The lowest BCUT2D eigenvalue weighted by Gasteiger charge is -2.06. The van der Waals surface area contributed by atoms with Crippen LogP contribution in [0.3, 0.4) is 0 Å². The molecular weight excluding hydrogens is 400 g/mol. The largest absolute Gasteiger partial charge is 0.490 e. The van der Waals surface area contributed by atoms with Gasteiger partial charge in [0.05, 0.1) is 4.92 Å². The van der Waals surface area contributed by atoms with E-state index in [0.717, 1.165) is 11.6 Å². The Morgan fingerprint density at radius 2 is 1.93 bits per heavy atom. The average molecular weight is 417 g/mol. The molecule has 0 fully saturated rings. The van der Waals surface area contributed by atoms with Gasteiger partial charge in [0.15, 0.2) is 6.61 Å². The maximum absolute atomic E-state index is 11.9. The minimum Gasteiger partial charge on any atom is -0.490 e. The number of carbonyl (C=O) groups excluding carboxylic acids is 2. The SMILES string of the molecule is C=CCOc1ccc(/C=C/C(=O)OCC(=O)Nc2cc(Cl)ccc2[N+](=O)[O-])cc1. The summed E-state index contributed by atoms with van der Waals surface area (Å²) >= 11 is 5.79. The van der Waals surface area contributed by atoms with Crippen molar-refractivity contribution in [1.29, 1.82) is 0 Å². The number of anilines is 1. The van der Waals surface area contributed by atoms with Gasteiger partial charge in [-0.15, -0.1) is 0 Å². The van der Waals surface area contributed by atoms with Gasteiger partial charge in [0, 0.05) is 17.2 Å². The third-order valence-corrected chi connectivity index (χ3v) is 3.67. The molecule has 2 aromatic carbocycles. The number of nitrogens with one attached hydrogen (secondary N) is 1. The summed E-state index contributed by atoms with van der Waals surface area (Å²) in [6, 6.07) is 10.7. The highest BCUT2D eigenvalue weighted by molar-refractivity contribution is 6.31. The van der Waals surface area contributed by atoms with Crippen LogP contribution in [0.1, 0.15) is 5.56 Å². The third-order valence-electron chi connectivity index (χ3n) is 3.43. The molecule has 150 valence electrons. The van der Waals surface area contributed by atoms with Gasteiger partial charge < -0.3 is 14.8 Å². The van der Waals surface area contributed by atoms with E-state index in [0.29, 0.717) is 12.4 Å². The first-order valence-electron chi connectivity index (χ1n) is 8.31. The first-order valence-corrected chi connectivity index (χ1v) is 8.69. The van der Waals surface area contributed by atoms with E-state index in [9.17, 15) is 19.7 Å². The number of nitro benzene ring substituents is 1. The normalized spacial score (nSPS) is 10.4. The second-order valence-corrected chi connectivity index (χ2v) is 6.01. The number of hydrogen-bond acceptors (Lipinski definition) is 6. The Hall–Kier alpha value is -3.65. The van der Waals surface area contributed by atoms with Gasteiger partial charge in [-0.05, 0) is 35.9 Å². The number of rotatable bonds is 9. The maximum Gasteiger partial charge on any atom is 0.331 e. The van der Waals surface area contributed by atoms with Crippen LogP contribution >= 0.6 is 11.6 Å². The summed E-state index contributed by atoms with van der Waals surface area (Å²) in [5.74, 6) is -0.815. The Labute approximate surface area is 171 Å². The zero-order valence-corrected chi connectivity index (χ0v) is 15.9. The van der Waals surface area contributed by atoms with E-state index >= 15 is 0 Å². The van der Waals surface area contributed by atoms with Gasteiger partial charge in [-0.3, -0.25) is 14.9 Å². The lowest BCUT2D eigenvalue weighted by Crippen LogP contribution is -2.20. The molecule has 0 unspecified atom stereocenters. The summed E-state index contributed by atoms with van der Waals surface area (Å²) in [5.41, 5.74) is 0.319. The maximum atomic E-state index is 11.9. The van der Waals surface area contributed by atoms with Crippen molar-refractivity contribution in [2.75, 3.05) is 18.5 Å². The second kappa shape index (κ2) is 10.6. The van der Waals surface area contributed by atoms with Crippen LogP contribution < -0.4 is 10.1 Å². The minimum absolute atomic E-state index is 0.0853. The van der Waals surface area contributed by atoms with Crippen molar-refractivity contribution >= 4 is 40.9 Å². The zero-order valence-electron chi connectivity index (χ0n) is 15.2. The van der Waals surface area contributed by atoms with Crippen LogP contribution in [0.5, 0.6) is 5.75 Å². The first kappa shape index (κ1) is 21.6. The number of esters is 1. The van der Waals surface area contributed by atoms with E-state index < -0.39 is 23.4 Å². The number of nitrogens with zero attached hydrogens (tertiary/aromatic N) is 1. The minimum atomic E-state index is -0.743. The van der Waals surface area contributed by atoms with Crippen LogP contribution in [0, 0.1) is 10.1 Å². The summed E-state index contributed by atoms with van der Waals surface area (Å²) < 4.78 is 10.2. The molecule has 0 saturated carbocycles. The molecule has 0 aliphatic rings. The Morgan fingerprint density at radius 3 is 2.59 bits per heavy atom. The molecule has 2 aromatic rings. The summed E-state index contributed by atoms with van der Waals surface area (Å²) in [6.07, 6.45) is 4.30. The molecule has 2 rings (SSSR count). The van der Waals surface area contributed by atoms with E-state index in [4.69, 9.17) is 21.1 Å². The van der Waals surface area contributed by atoms with Crippen LogP contribution in [-0.4, -0.2) is 30.0 Å². The molecule has 0 bridgehead atoms. The van der Waals surface area contributed by atoms with Gasteiger partial charge in [-0.2, -0.15) is 0 Å². The van der Waals surface area contributed by atoms with Gasteiger partial charge in [0.25, 0.3) is 11.6 Å². The van der Waals surface area contributed by atoms with Gasteiger partial charge in [0.2, 0.25) is 0 Å². The predicted octanol–water partition coefficient (Wildman–Crippen LogP) is 4.01. The molecule has 9 heteroatoms. The summed E-state index contributed by atoms with van der Waals surface area (Å²) in [5, 5.41) is 13.5. The van der Waals surface area contributed by atoms with E-state index in [1.165, 1.54) is 24.3 Å². The number of hydrogen-bond donors (Lipinski definition) is 1. The Bertz CT molecular complexity index is 940. The molecule has 8 nitrogen and oxygen atoms in total. The predicted molar refractivity (Wildman–Crippen MR) is 109 cm³/mol. The molecule has 0 atom stereocenters. The Kier molecular flexibility index (Phi) is 7.93. The second-order valence-electron chi connectivity index (χ2n) is 5.58. The fourth-order valence-corrected chi connectivity index (χ4v) is 2.31. The number of nitro groups is 1. The summed E-state index contributed by atoms with van der Waals surface area (Å²) in [4.78, 5) is 34.0. The summed E-state index contributed by atoms with van der Waals surface area (Å²) in [6.45, 7) is 3.34.